The van der Waals surface area contributed by atoms with E-state index >= 15 is 0 Å². The number of hydrazone groups is 1. The third kappa shape index (κ3) is 6.43. The van der Waals surface area contributed by atoms with Crippen LogP contribution in [0, 0.1) is 5.82 Å². The van der Waals surface area contributed by atoms with Gasteiger partial charge >= 0.3 is 0 Å². The van der Waals surface area contributed by atoms with E-state index in [9.17, 15) is 14.0 Å². The fourth-order valence-corrected chi connectivity index (χ4v) is 3.02. The van der Waals surface area contributed by atoms with Gasteiger partial charge in [0, 0.05) is 5.56 Å². The van der Waals surface area contributed by atoms with E-state index < -0.39 is 17.6 Å². The molecule has 0 bridgehead atoms. The number of benzene rings is 3. The Morgan fingerprint density at radius 1 is 0.969 bits per heavy atom. The number of para-hydroxylation sites is 1. The summed E-state index contributed by atoms with van der Waals surface area (Å²) in [5.41, 5.74) is 3.30. The Bertz CT molecular complexity index is 1190. The molecule has 3 aromatic carbocycles. The minimum atomic E-state index is -0.547. The Balaban J connectivity index is 1.54. The second-order valence-corrected chi connectivity index (χ2v) is 7.56. The van der Waals surface area contributed by atoms with Crippen molar-refractivity contribution in [1.29, 1.82) is 0 Å². The highest BCUT2D eigenvalue weighted by Crippen LogP contribution is 2.25. The maximum absolute atomic E-state index is 13.6. The van der Waals surface area contributed by atoms with Crippen LogP contribution in [-0.2, 0) is 4.79 Å². The summed E-state index contributed by atoms with van der Waals surface area (Å²) in [6.07, 6.45) is 1.38. The number of halogens is 4. The first kappa shape index (κ1) is 23.5. The van der Waals surface area contributed by atoms with Crippen molar-refractivity contribution < 1.29 is 18.7 Å². The number of nitrogens with one attached hydrogen (secondary N) is 2. The van der Waals surface area contributed by atoms with Crippen LogP contribution < -0.4 is 15.5 Å². The SMILES string of the molecule is O=C(COc1ccc(C=NNC(=O)c2ccc(Cl)c(Cl)c2)cc1Cl)Nc1ccccc1F. The van der Waals surface area contributed by atoms with Crippen molar-refractivity contribution in [2.24, 2.45) is 5.10 Å². The van der Waals surface area contributed by atoms with Crippen LogP contribution in [-0.4, -0.2) is 24.6 Å². The second kappa shape index (κ2) is 10.9. The number of hydrogen-bond acceptors (Lipinski definition) is 4. The van der Waals surface area contributed by atoms with Gasteiger partial charge in [0.05, 0.1) is 27.0 Å². The number of ether oxygens (including phenoxy) is 1. The monoisotopic (exact) mass is 493 g/mol. The Kier molecular flexibility index (Phi) is 8.05. The molecule has 0 spiro atoms. The molecule has 0 atom stereocenters. The molecule has 164 valence electrons. The summed E-state index contributed by atoms with van der Waals surface area (Å²) >= 11 is 17.9. The fraction of sp³-hybridized carbons (Fsp3) is 0.0455. The summed E-state index contributed by atoms with van der Waals surface area (Å²) in [5.74, 6) is -1.30. The third-order valence-corrected chi connectivity index (χ3v) is 5.06. The molecule has 32 heavy (non-hydrogen) atoms. The van der Waals surface area contributed by atoms with Crippen molar-refractivity contribution >= 4 is 58.5 Å². The number of hydrogen-bond donors (Lipinski definition) is 2. The van der Waals surface area contributed by atoms with E-state index in [4.69, 9.17) is 39.5 Å². The zero-order valence-corrected chi connectivity index (χ0v) is 18.5. The average molecular weight is 495 g/mol. The normalized spacial score (nSPS) is 10.8. The lowest BCUT2D eigenvalue weighted by atomic mass is 10.2. The number of anilines is 1. The fourth-order valence-electron chi connectivity index (χ4n) is 2.47. The molecule has 0 saturated carbocycles. The molecular formula is C22H15Cl3FN3O3. The van der Waals surface area contributed by atoms with Crippen LogP contribution in [0.5, 0.6) is 5.75 Å². The molecule has 3 aromatic rings. The van der Waals surface area contributed by atoms with Crippen LogP contribution in [0.2, 0.25) is 15.1 Å². The molecule has 0 saturated heterocycles. The van der Waals surface area contributed by atoms with Gasteiger partial charge in [0.15, 0.2) is 6.61 Å². The zero-order chi connectivity index (χ0) is 23.1. The average Bonchev–Trinajstić information content (AvgIpc) is 2.76. The number of carbonyl (C=O) groups excluding carboxylic acids is 2. The number of nitrogens with zero attached hydrogens (tertiary/aromatic N) is 1. The van der Waals surface area contributed by atoms with Crippen LogP contribution in [0.25, 0.3) is 0 Å². The number of amides is 2. The van der Waals surface area contributed by atoms with Gasteiger partial charge in [-0.25, -0.2) is 9.82 Å². The molecule has 0 aliphatic carbocycles. The highest BCUT2D eigenvalue weighted by Gasteiger charge is 2.10. The van der Waals surface area contributed by atoms with Crippen molar-refractivity contribution in [3.63, 3.8) is 0 Å². The molecule has 0 aliphatic rings. The van der Waals surface area contributed by atoms with Gasteiger partial charge in [-0.3, -0.25) is 9.59 Å². The van der Waals surface area contributed by atoms with Gasteiger partial charge in [-0.15, -0.1) is 0 Å². The van der Waals surface area contributed by atoms with E-state index in [2.05, 4.69) is 15.8 Å². The standard InChI is InChI=1S/C22H15Cl3FN3O3/c23-15-7-6-14(10-16(15)24)22(31)29-27-11-13-5-8-20(17(25)9-13)32-12-21(30)28-19-4-2-1-3-18(19)26/h1-11H,12H2,(H,28,30)(H,29,31). The van der Waals surface area contributed by atoms with Gasteiger partial charge in [-0.1, -0.05) is 46.9 Å². The van der Waals surface area contributed by atoms with E-state index in [1.165, 1.54) is 42.6 Å². The maximum atomic E-state index is 13.6. The molecule has 3 rings (SSSR count). The van der Waals surface area contributed by atoms with Crippen molar-refractivity contribution in [1.82, 2.24) is 5.43 Å². The summed E-state index contributed by atoms with van der Waals surface area (Å²) in [7, 11) is 0. The molecular weight excluding hydrogens is 480 g/mol. The first-order valence-electron chi connectivity index (χ1n) is 9.08. The maximum Gasteiger partial charge on any atom is 0.271 e. The van der Waals surface area contributed by atoms with Crippen molar-refractivity contribution in [2.75, 3.05) is 11.9 Å². The van der Waals surface area contributed by atoms with E-state index in [0.29, 0.717) is 16.1 Å². The molecule has 2 N–H and O–H groups in total. The highest BCUT2D eigenvalue weighted by molar-refractivity contribution is 6.42. The molecule has 0 aliphatic heterocycles. The summed E-state index contributed by atoms with van der Waals surface area (Å²) in [6, 6.07) is 15.0. The predicted octanol–water partition coefficient (Wildman–Crippen LogP) is 5.57. The van der Waals surface area contributed by atoms with Gasteiger partial charge in [0.2, 0.25) is 0 Å². The van der Waals surface area contributed by atoms with Crippen LogP contribution in [0.1, 0.15) is 15.9 Å². The summed E-state index contributed by atoms with van der Waals surface area (Å²) < 4.78 is 19.0. The van der Waals surface area contributed by atoms with Gasteiger partial charge in [-0.05, 0) is 54.1 Å². The lowest BCUT2D eigenvalue weighted by molar-refractivity contribution is -0.118. The topological polar surface area (TPSA) is 79.8 Å². The Morgan fingerprint density at radius 2 is 1.75 bits per heavy atom. The molecule has 0 radical (unpaired) electrons. The van der Waals surface area contributed by atoms with Crippen molar-refractivity contribution in [2.45, 2.75) is 0 Å². The predicted molar refractivity (Wildman–Crippen MR) is 123 cm³/mol. The number of carbonyl (C=O) groups is 2. The molecule has 0 fully saturated rings. The molecule has 10 heteroatoms. The molecule has 0 aromatic heterocycles. The first-order valence-corrected chi connectivity index (χ1v) is 10.2. The Morgan fingerprint density at radius 3 is 2.47 bits per heavy atom. The molecule has 2 amide bonds. The van der Waals surface area contributed by atoms with Crippen LogP contribution in [0.3, 0.4) is 0 Å². The van der Waals surface area contributed by atoms with E-state index in [-0.39, 0.29) is 28.1 Å². The molecule has 0 unspecified atom stereocenters. The van der Waals surface area contributed by atoms with E-state index in [1.54, 1.807) is 24.3 Å². The Labute approximate surface area is 197 Å². The van der Waals surface area contributed by atoms with Crippen molar-refractivity contribution in [3.05, 3.63) is 92.7 Å². The first-order chi connectivity index (χ1) is 15.3. The molecule has 6 nitrogen and oxygen atoms in total. The van der Waals surface area contributed by atoms with Crippen LogP contribution in [0.15, 0.2) is 65.8 Å². The molecule has 0 heterocycles. The zero-order valence-electron chi connectivity index (χ0n) is 16.2. The summed E-state index contributed by atoms with van der Waals surface area (Å²) in [5, 5.41) is 7.11. The lowest BCUT2D eigenvalue weighted by Gasteiger charge is -2.09. The highest BCUT2D eigenvalue weighted by atomic mass is 35.5. The van der Waals surface area contributed by atoms with E-state index in [0.717, 1.165) is 0 Å². The summed E-state index contributed by atoms with van der Waals surface area (Å²) in [4.78, 5) is 24.0. The van der Waals surface area contributed by atoms with Gasteiger partial charge in [-0.2, -0.15) is 5.10 Å². The van der Waals surface area contributed by atoms with Crippen LogP contribution >= 0.6 is 34.8 Å². The lowest BCUT2D eigenvalue weighted by Crippen LogP contribution is -2.20. The quantitative estimate of drug-likeness (QED) is 0.333. The smallest absolute Gasteiger partial charge is 0.271 e. The van der Waals surface area contributed by atoms with Crippen molar-refractivity contribution in [3.8, 4) is 5.75 Å². The van der Waals surface area contributed by atoms with E-state index in [1.807, 2.05) is 0 Å². The summed E-state index contributed by atoms with van der Waals surface area (Å²) in [6.45, 7) is -0.360. The van der Waals surface area contributed by atoms with Gasteiger partial charge in [0.1, 0.15) is 11.6 Å². The van der Waals surface area contributed by atoms with Crippen LogP contribution in [0.4, 0.5) is 10.1 Å². The second-order valence-electron chi connectivity index (χ2n) is 6.33. The minimum Gasteiger partial charge on any atom is -0.482 e. The van der Waals surface area contributed by atoms with Gasteiger partial charge in [0.25, 0.3) is 11.8 Å². The minimum absolute atomic E-state index is 0.0571. The largest absolute Gasteiger partial charge is 0.482 e. The third-order valence-electron chi connectivity index (χ3n) is 4.02. The van der Waals surface area contributed by atoms with Gasteiger partial charge < -0.3 is 10.1 Å². The number of rotatable bonds is 7. The Hall–Kier alpha value is -3.13.